The number of aromatic nitrogens is 3. The molecule has 1 fully saturated rings. The Morgan fingerprint density at radius 2 is 2.03 bits per heavy atom. The Balaban J connectivity index is 1.35. The quantitative estimate of drug-likeness (QED) is 0.490. The maximum atomic E-state index is 6.09. The number of fused-ring (bicyclic) bond motifs is 1. The number of rotatable bonds is 5. The second kappa shape index (κ2) is 8.49. The number of nitrogens with zero attached hydrogens (tertiary/aromatic N) is 4. The predicted octanol–water partition coefficient (Wildman–Crippen LogP) is 4.22. The summed E-state index contributed by atoms with van der Waals surface area (Å²) in [6.07, 6.45) is 5.74. The fraction of sp³-hybridized carbons (Fsp3) is 0.280. The standard InChI is InChI=1S/C25H26N4O2/c1-28-15-19(21-8-3-4-9-24(21)28)16-29-10-11-31-25(17-29)23-14-26-13-22(27-23)18-6-5-7-20(12-18)30-2/h3-9,12-15,25H,10-11,16-17H2,1-2H3/t25-/m1/s1. The monoisotopic (exact) mass is 414 g/mol. The molecule has 1 aliphatic heterocycles. The molecule has 31 heavy (non-hydrogen) atoms. The van der Waals surface area contributed by atoms with Crippen LogP contribution in [0.15, 0.2) is 67.1 Å². The number of hydrogen-bond donors (Lipinski definition) is 0. The third-order valence-electron chi connectivity index (χ3n) is 5.87. The molecule has 0 bridgehead atoms. The smallest absolute Gasteiger partial charge is 0.119 e. The Morgan fingerprint density at radius 3 is 2.94 bits per heavy atom. The second-order valence-electron chi connectivity index (χ2n) is 7.94. The van der Waals surface area contributed by atoms with Crippen molar-refractivity contribution in [3.63, 3.8) is 0 Å². The van der Waals surface area contributed by atoms with Crippen molar-refractivity contribution < 1.29 is 9.47 Å². The molecular formula is C25H26N4O2. The zero-order chi connectivity index (χ0) is 21.2. The van der Waals surface area contributed by atoms with E-state index in [9.17, 15) is 0 Å². The van der Waals surface area contributed by atoms with Gasteiger partial charge in [-0.15, -0.1) is 0 Å². The van der Waals surface area contributed by atoms with Gasteiger partial charge in [-0.2, -0.15) is 0 Å². The van der Waals surface area contributed by atoms with Crippen molar-refractivity contribution in [2.45, 2.75) is 12.6 Å². The highest BCUT2D eigenvalue weighted by Gasteiger charge is 2.24. The van der Waals surface area contributed by atoms with Crippen LogP contribution >= 0.6 is 0 Å². The van der Waals surface area contributed by atoms with Crippen LogP contribution in [0.1, 0.15) is 17.4 Å². The fourth-order valence-corrected chi connectivity index (χ4v) is 4.28. The van der Waals surface area contributed by atoms with Gasteiger partial charge in [0.25, 0.3) is 0 Å². The van der Waals surface area contributed by atoms with E-state index in [-0.39, 0.29) is 6.10 Å². The third-order valence-corrected chi connectivity index (χ3v) is 5.87. The zero-order valence-corrected chi connectivity index (χ0v) is 17.9. The van der Waals surface area contributed by atoms with E-state index >= 15 is 0 Å². The van der Waals surface area contributed by atoms with Gasteiger partial charge in [-0.1, -0.05) is 30.3 Å². The number of aryl methyl sites for hydroxylation is 1. The fourth-order valence-electron chi connectivity index (χ4n) is 4.28. The van der Waals surface area contributed by atoms with Crippen LogP contribution in [0.2, 0.25) is 0 Å². The van der Waals surface area contributed by atoms with E-state index in [1.54, 1.807) is 13.3 Å². The molecular weight excluding hydrogens is 388 g/mol. The number of para-hydroxylation sites is 1. The third kappa shape index (κ3) is 4.04. The molecule has 3 heterocycles. The molecule has 2 aromatic heterocycles. The molecule has 1 aliphatic rings. The van der Waals surface area contributed by atoms with Crippen molar-refractivity contribution in [2.24, 2.45) is 7.05 Å². The summed E-state index contributed by atoms with van der Waals surface area (Å²) in [4.78, 5) is 11.7. The Kier molecular flexibility index (Phi) is 5.40. The molecule has 158 valence electrons. The summed E-state index contributed by atoms with van der Waals surface area (Å²) in [5.74, 6) is 0.805. The summed E-state index contributed by atoms with van der Waals surface area (Å²) < 4.78 is 13.6. The molecule has 0 N–H and O–H groups in total. The van der Waals surface area contributed by atoms with Gasteiger partial charge >= 0.3 is 0 Å². The average molecular weight is 415 g/mol. The molecule has 0 unspecified atom stereocenters. The van der Waals surface area contributed by atoms with Gasteiger partial charge in [-0.3, -0.25) is 9.88 Å². The first-order chi connectivity index (χ1) is 15.2. The number of hydrogen-bond acceptors (Lipinski definition) is 5. The molecule has 5 rings (SSSR count). The minimum Gasteiger partial charge on any atom is -0.497 e. The topological polar surface area (TPSA) is 52.4 Å². The van der Waals surface area contributed by atoms with E-state index in [1.807, 2.05) is 30.5 Å². The van der Waals surface area contributed by atoms with Crippen LogP contribution in [0.4, 0.5) is 0 Å². The first kappa shape index (κ1) is 19.7. The summed E-state index contributed by atoms with van der Waals surface area (Å²) >= 11 is 0. The highest BCUT2D eigenvalue weighted by molar-refractivity contribution is 5.83. The van der Waals surface area contributed by atoms with Crippen molar-refractivity contribution in [2.75, 3.05) is 26.8 Å². The van der Waals surface area contributed by atoms with Crippen molar-refractivity contribution >= 4 is 10.9 Å². The number of morpholine rings is 1. The minimum absolute atomic E-state index is 0.0956. The van der Waals surface area contributed by atoms with Crippen molar-refractivity contribution in [1.82, 2.24) is 19.4 Å². The van der Waals surface area contributed by atoms with Gasteiger partial charge in [0, 0.05) is 49.3 Å². The Morgan fingerprint density at radius 1 is 1.13 bits per heavy atom. The van der Waals surface area contributed by atoms with Crippen LogP contribution in [0.3, 0.4) is 0 Å². The number of methoxy groups -OCH3 is 1. The molecule has 6 heteroatoms. The van der Waals surface area contributed by atoms with Crippen LogP contribution in [-0.2, 0) is 18.3 Å². The van der Waals surface area contributed by atoms with Gasteiger partial charge in [0.15, 0.2) is 0 Å². The summed E-state index contributed by atoms with van der Waals surface area (Å²) in [5.41, 5.74) is 5.28. The molecule has 0 saturated carbocycles. The molecule has 2 aromatic carbocycles. The summed E-state index contributed by atoms with van der Waals surface area (Å²) in [6, 6.07) is 16.4. The average Bonchev–Trinajstić information content (AvgIpc) is 3.15. The molecule has 0 amide bonds. The van der Waals surface area contributed by atoms with Crippen molar-refractivity contribution in [3.8, 4) is 17.0 Å². The maximum absolute atomic E-state index is 6.09. The Hall–Kier alpha value is -3.22. The van der Waals surface area contributed by atoms with Gasteiger partial charge in [0.05, 0.1) is 37.5 Å². The molecule has 0 radical (unpaired) electrons. The highest BCUT2D eigenvalue weighted by Crippen LogP contribution is 2.27. The van der Waals surface area contributed by atoms with E-state index in [1.165, 1.54) is 16.5 Å². The first-order valence-electron chi connectivity index (χ1n) is 10.5. The summed E-state index contributed by atoms with van der Waals surface area (Å²) in [7, 11) is 3.77. The van der Waals surface area contributed by atoms with Crippen LogP contribution < -0.4 is 4.74 Å². The van der Waals surface area contributed by atoms with Gasteiger partial charge < -0.3 is 14.0 Å². The van der Waals surface area contributed by atoms with Gasteiger partial charge in [-0.25, -0.2) is 4.98 Å². The van der Waals surface area contributed by atoms with Crippen molar-refractivity contribution in [3.05, 3.63) is 78.4 Å². The summed E-state index contributed by atoms with van der Waals surface area (Å²) in [5, 5.41) is 1.31. The highest BCUT2D eigenvalue weighted by atomic mass is 16.5. The van der Waals surface area contributed by atoms with Gasteiger partial charge in [0.1, 0.15) is 11.9 Å². The Labute approximate surface area is 182 Å². The molecule has 1 atom stereocenters. The molecule has 6 nitrogen and oxygen atoms in total. The lowest BCUT2D eigenvalue weighted by atomic mass is 10.1. The number of ether oxygens (including phenoxy) is 2. The van der Waals surface area contributed by atoms with Crippen LogP contribution in [0, 0.1) is 0 Å². The lowest BCUT2D eigenvalue weighted by molar-refractivity contribution is -0.0350. The van der Waals surface area contributed by atoms with Crippen LogP contribution in [-0.4, -0.2) is 46.2 Å². The lowest BCUT2D eigenvalue weighted by Crippen LogP contribution is -2.38. The van der Waals surface area contributed by atoms with E-state index in [0.29, 0.717) is 6.61 Å². The first-order valence-corrected chi connectivity index (χ1v) is 10.5. The molecule has 0 aliphatic carbocycles. The van der Waals surface area contributed by atoms with Crippen LogP contribution in [0.25, 0.3) is 22.2 Å². The predicted molar refractivity (Wildman–Crippen MR) is 121 cm³/mol. The van der Waals surface area contributed by atoms with Gasteiger partial charge in [-0.05, 0) is 23.8 Å². The van der Waals surface area contributed by atoms with E-state index in [0.717, 1.165) is 42.3 Å². The SMILES string of the molecule is COc1cccc(-c2cncc([C@H]3CN(Cc4cn(C)c5ccccc45)CCO3)n2)c1. The van der Waals surface area contributed by atoms with Crippen LogP contribution in [0.5, 0.6) is 5.75 Å². The lowest BCUT2D eigenvalue weighted by Gasteiger charge is -2.32. The largest absolute Gasteiger partial charge is 0.497 e. The Bertz CT molecular complexity index is 1200. The molecule has 4 aromatic rings. The number of benzene rings is 2. The summed E-state index contributed by atoms with van der Waals surface area (Å²) in [6.45, 7) is 3.27. The van der Waals surface area contributed by atoms with Gasteiger partial charge in [0.2, 0.25) is 0 Å². The zero-order valence-electron chi connectivity index (χ0n) is 17.9. The van der Waals surface area contributed by atoms with Crippen molar-refractivity contribution in [1.29, 1.82) is 0 Å². The van der Waals surface area contributed by atoms with E-state index < -0.39 is 0 Å². The normalized spacial score (nSPS) is 17.2. The molecule has 1 saturated heterocycles. The minimum atomic E-state index is -0.0956. The second-order valence-corrected chi connectivity index (χ2v) is 7.94. The molecule has 0 spiro atoms. The van der Waals surface area contributed by atoms with E-state index in [4.69, 9.17) is 14.5 Å². The maximum Gasteiger partial charge on any atom is 0.119 e. The van der Waals surface area contributed by atoms with E-state index in [2.05, 4.69) is 52.0 Å².